The van der Waals surface area contributed by atoms with Crippen molar-refractivity contribution in [2.75, 3.05) is 6.61 Å². The van der Waals surface area contributed by atoms with Crippen molar-refractivity contribution in [3.63, 3.8) is 0 Å². The van der Waals surface area contributed by atoms with E-state index in [9.17, 15) is 0 Å². The van der Waals surface area contributed by atoms with Crippen molar-refractivity contribution in [3.05, 3.63) is 0 Å². The van der Waals surface area contributed by atoms with E-state index < -0.39 is 0 Å². The Labute approximate surface area is 79.1 Å². The zero-order valence-electron chi connectivity index (χ0n) is 8.97. The summed E-state index contributed by atoms with van der Waals surface area (Å²) >= 11 is 0. The molecule has 0 unspecified atom stereocenters. The fraction of sp³-hybridized carbons (Fsp3) is 0.900. The van der Waals surface area contributed by atoms with E-state index in [0.717, 1.165) is 5.90 Å². The molecule has 2 aliphatic heterocycles. The Kier molecular flexibility index (Phi) is 1.44. The summed E-state index contributed by atoms with van der Waals surface area (Å²) in [7, 11) is 0. The normalized spacial score (nSPS) is 39.6. The van der Waals surface area contributed by atoms with Crippen molar-refractivity contribution in [3.8, 4) is 0 Å². The van der Waals surface area contributed by atoms with E-state index in [1.165, 1.54) is 0 Å². The quantitative estimate of drug-likeness (QED) is 0.580. The summed E-state index contributed by atoms with van der Waals surface area (Å²) in [4.78, 5) is 4.52. The third-order valence-electron chi connectivity index (χ3n) is 2.94. The Bertz CT molecular complexity index is 281. The highest BCUT2D eigenvalue weighted by molar-refractivity contribution is 5.90. The summed E-state index contributed by atoms with van der Waals surface area (Å²) < 4.78 is 11.2. The van der Waals surface area contributed by atoms with Gasteiger partial charge in [0, 0.05) is 0 Å². The van der Waals surface area contributed by atoms with Gasteiger partial charge in [-0.25, -0.2) is 4.99 Å². The Morgan fingerprint density at radius 1 is 1.15 bits per heavy atom. The smallest absolute Gasteiger partial charge is 0.220 e. The summed E-state index contributed by atoms with van der Waals surface area (Å²) in [5.41, 5.74) is -0.493. The van der Waals surface area contributed by atoms with Gasteiger partial charge in [-0.05, 0) is 34.6 Å². The van der Waals surface area contributed by atoms with E-state index in [-0.39, 0.29) is 16.7 Å². The second-order valence-corrected chi connectivity index (χ2v) is 5.16. The Hall–Kier alpha value is -0.570. The first-order valence-corrected chi connectivity index (χ1v) is 4.70. The summed E-state index contributed by atoms with van der Waals surface area (Å²) in [6, 6.07) is 0. The maximum atomic E-state index is 5.61. The molecule has 0 bridgehead atoms. The van der Waals surface area contributed by atoms with Crippen molar-refractivity contribution in [1.29, 1.82) is 0 Å². The summed E-state index contributed by atoms with van der Waals surface area (Å²) in [5, 5.41) is 0. The number of hydrogen-bond donors (Lipinski definition) is 0. The number of rotatable bonds is 1. The van der Waals surface area contributed by atoms with Gasteiger partial charge >= 0.3 is 0 Å². The molecule has 2 heterocycles. The van der Waals surface area contributed by atoms with Crippen LogP contribution in [0.3, 0.4) is 0 Å². The lowest BCUT2D eigenvalue weighted by molar-refractivity contribution is 0.248. The molecule has 13 heavy (non-hydrogen) atoms. The van der Waals surface area contributed by atoms with Gasteiger partial charge in [-0.3, -0.25) is 0 Å². The van der Waals surface area contributed by atoms with Crippen LogP contribution in [0.4, 0.5) is 0 Å². The number of epoxide rings is 1. The molecule has 1 fully saturated rings. The van der Waals surface area contributed by atoms with Gasteiger partial charge in [0.1, 0.15) is 12.2 Å². The van der Waals surface area contributed by atoms with Gasteiger partial charge in [0.05, 0.1) is 5.54 Å². The highest BCUT2D eigenvalue weighted by Gasteiger charge is 2.66. The third kappa shape index (κ3) is 1.17. The summed E-state index contributed by atoms with van der Waals surface area (Å²) in [6.45, 7) is 11.0. The van der Waals surface area contributed by atoms with Crippen LogP contribution in [0.2, 0.25) is 0 Å². The van der Waals surface area contributed by atoms with Crippen LogP contribution in [0.15, 0.2) is 4.99 Å². The monoisotopic (exact) mass is 183 g/mol. The molecule has 0 aromatic heterocycles. The first-order chi connectivity index (χ1) is 5.77. The highest BCUT2D eigenvalue weighted by atomic mass is 16.7. The Morgan fingerprint density at radius 3 is 2.00 bits per heavy atom. The van der Waals surface area contributed by atoms with Gasteiger partial charge in [0.2, 0.25) is 5.90 Å². The van der Waals surface area contributed by atoms with E-state index in [2.05, 4.69) is 32.7 Å². The average Bonchev–Trinajstić information content (AvgIpc) is 2.36. The molecule has 0 radical (unpaired) electrons. The van der Waals surface area contributed by atoms with Crippen molar-refractivity contribution < 1.29 is 9.47 Å². The highest BCUT2D eigenvalue weighted by Crippen LogP contribution is 2.49. The van der Waals surface area contributed by atoms with Crippen LogP contribution in [0.1, 0.15) is 34.6 Å². The van der Waals surface area contributed by atoms with E-state index in [1.807, 2.05) is 6.92 Å². The molecule has 0 aromatic rings. The second-order valence-electron chi connectivity index (χ2n) is 5.16. The topological polar surface area (TPSA) is 34.1 Å². The molecule has 2 aliphatic rings. The van der Waals surface area contributed by atoms with Crippen LogP contribution in [-0.2, 0) is 9.47 Å². The Morgan fingerprint density at radius 2 is 1.69 bits per heavy atom. The van der Waals surface area contributed by atoms with E-state index in [4.69, 9.17) is 9.47 Å². The van der Waals surface area contributed by atoms with E-state index >= 15 is 0 Å². The molecule has 0 spiro atoms. The summed E-state index contributed by atoms with van der Waals surface area (Å²) in [6.07, 6.45) is 0. The minimum absolute atomic E-state index is 0.0830. The van der Waals surface area contributed by atoms with Gasteiger partial charge in [0.25, 0.3) is 0 Å². The molecule has 0 aromatic carbocycles. The lowest BCUT2D eigenvalue weighted by atomic mass is 9.98. The summed E-state index contributed by atoms with van der Waals surface area (Å²) in [5.74, 6) is 0.766. The van der Waals surface area contributed by atoms with Gasteiger partial charge in [0.15, 0.2) is 5.60 Å². The first kappa shape index (κ1) is 9.00. The molecule has 0 saturated carbocycles. The molecular weight excluding hydrogens is 166 g/mol. The zero-order valence-corrected chi connectivity index (χ0v) is 8.97. The maximum absolute atomic E-state index is 5.61. The van der Waals surface area contributed by atoms with Crippen LogP contribution >= 0.6 is 0 Å². The van der Waals surface area contributed by atoms with Crippen molar-refractivity contribution in [2.24, 2.45) is 4.99 Å². The standard InChI is InChI=1S/C10H17NO2/c1-8(2)6-12-7(11-8)10(5)9(3,4)13-10/h6H2,1-5H3/t10-/m1/s1. The lowest BCUT2D eigenvalue weighted by Gasteiger charge is -2.08. The minimum Gasteiger partial charge on any atom is -0.476 e. The number of ether oxygens (including phenoxy) is 2. The van der Waals surface area contributed by atoms with E-state index in [0.29, 0.717) is 6.61 Å². The van der Waals surface area contributed by atoms with Crippen LogP contribution in [0.5, 0.6) is 0 Å². The van der Waals surface area contributed by atoms with Gasteiger partial charge in [-0.15, -0.1) is 0 Å². The molecule has 0 amide bonds. The van der Waals surface area contributed by atoms with Crippen molar-refractivity contribution in [1.82, 2.24) is 0 Å². The SMILES string of the molecule is CC1(C)COC([C@@]2(C)OC2(C)C)=N1. The second kappa shape index (κ2) is 2.08. The lowest BCUT2D eigenvalue weighted by Crippen LogP contribution is -2.27. The van der Waals surface area contributed by atoms with Crippen LogP contribution in [0, 0.1) is 0 Å². The molecule has 3 nitrogen and oxygen atoms in total. The molecule has 3 heteroatoms. The van der Waals surface area contributed by atoms with Crippen molar-refractivity contribution in [2.45, 2.75) is 51.4 Å². The molecule has 0 aliphatic carbocycles. The molecule has 1 saturated heterocycles. The van der Waals surface area contributed by atoms with Crippen LogP contribution in [-0.4, -0.2) is 29.2 Å². The van der Waals surface area contributed by atoms with Crippen molar-refractivity contribution >= 4 is 5.90 Å². The molecule has 0 N–H and O–H groups in total. The number of hydrogen-bond acceptors (Lipinski definition) is 3. The number of aliphatic imine (C=N–C) groups is 1. The predicted molar refractivity (Wildman–Crippen MR) is 51.0 cm³/mol. The van der Waals surface area contributed by atoms with Gasteiger partial charge < -0.3 is 9.47 Å². The third-order valence-corrected chi connectivity index (χ3v) is 2.94. The molecule has 2 rings (SSSR count). The molecule has 1 atom stereocenters. The predicted octanol–water partition coefficient (Wildman–Crippen LogP) is 1.76. The zero-order chi connectivity index (χ0) is 9.91. The largest absolute Gasteiger partial charge is 0.476 e. The van der Waals surface area contributed by atoms with Gasteiger partial charge in [-0.1, -0.05) is 0 Å². The average molecular weight is 183 g/mol. The number of nitrogens with zero attached hydrogens (tertiary/aromatic N) is 1. The van der Waals surface area contributed by atoms with Crippen LogP contribution in [0.25, 0.3) is 0 Å². The fourth-order valence-electron chi connectivity index (χ4n) is 1.61. The van der Waals surface area contributed by atoms with Crippen LogP contribution < -0.4 is 0 Å². The first-order valence-electron chi connectivity index (χ1n) is 4.70. The molecular formula is C10H17NO2. The van der Waals surface area contributed by atoms with E-state index in [1.54, 1.807) is 0 Å². The minimum atomic E-state index is -0.291. The Balaban J connectivity index is 2.22. The molecule has 74 valence electrons. The van der Waals surface area contributed by atoms with Gasteiger partial charge in [-0.2, -0.15) is 0 Å². The maximum Gasteiger partial charge on any atom is 0.220 e. The fourth-order valence-corrected chi connectivity index (χ4v) is 1.61.